The van der Waals surface area contributed by atoms with E-state index in [4.69, 9.17) is 0 Å². The van der Waals surface area contributed by atoms with Crippen LogP contribution in [-0.2, 0) is 6.54 Å². The van der Waals surface area contributed by atoms with Crippen LogP contribution in [0.4, 0.5) is 22.0 Å². The number of halogens is 5. The third-order valence-electron chi connectivity index (χ3n) is 2.85. The first-order chi connectivity index (χ1) is 11.8. The average molecular weight is 361 g/mol. The zero-order chi connectivity index (χ0) is 18.4. The van der Waals surface area contributed by atoms with Gasteiger partial charge < -0.3 is 4.74 Å². The summed E-state index contributed by atoms with van der Waals surface area (Å²) in [7, 11) is 0. The van der Waals surface area contributed by atoms with Gasteiger partial charge in [-0.15, -0.1) is 0 Å². The van der Waals surface area contributed by atoms with Gasteiger partial charge in [0, 0.05) is 12.3 Å². The molecule has 0 saturated heterocycles. The van der Waals surface area contributed by atoms with E-state index in [9.17, 15) is 27.2 Å². The van der Waals surface area contributed by atoms with Crippen LogP contribution >= 0.6 is 0 Å². The van der Waals surface area contributed by atoms with E-state index < -0.39 is 30.3 Å². The van der Waals surface area contributed by atoms with Gasteiger partial charge in [0.1, 0.15) is 11.6 Å². The van der Waals surface area contributed by atoms with Gasteiger partial charge in [0.25, 0.3) is 0 Å². The van der Waals surface area contributed by atoms with Gasteiger partial charge >= 0.3 is 6.18 Å². The highest BCUT2D eigenvalue weighted by Crippen LogP contribution is 2.20. The lowest BCUT2D eigenvalue weighted by Gasteiger charge is -2.12. The highest BCUT2D eigenvalue weighted by atomic mass is 19.4. The van der Waals surface area contributed by atoms with Gasteiger partial charge in [0.2, 0.25) is 5.88 Å². The Hall–Kier alpha value is -2.75. The predicted octanol–water partition coefficient (Wildman–Crippen LogP) is 3.23. The number of hydrogen-bond donors (Lipinski definition) is 2. The Bertz CT molecular complexity index is 745. The minimum atomic E-state index is -4.57. The Morgan fingerprint density at radius 2 is 1.88 bits per heavy atom. The fourth-order valence-corrected chi connectivity index (χ4v) is 1.89. The molecule has 1 aromatic carbocycles. The molecule has 0 spiro atoms. The van der Waals surface area contributed by atoms with Crippen molar-refractivity contribution in [1.82, 2.24) is 10.5 Å². The Morgan fingerprint density at radius 1 is 1.20 bits per heavy atom. The normalized spacial score (nSPS) is 12.2. The van der Waals surface area contributed by atoms with E-state index in [2.05, 4.69) is 14.7 Å². The van der Waals surface area contributed by atoms with Gasteiger partial charge in [-0.25, -0.2) is 13.8 Å². The summed E-state index contributed by atoms with van der Waals surface area (Å²) in [6.07, 6.45) is -3.37. The van der Waals surface area contributed by atoms with E-state index in [0.717, 1.165) is 12.1 Å². The first-order valence-corrected chi connectivity index (χ1v) is 6.83. The van der Waals surface area contributed by atoms with E-state index in [0.29, 0.717) is 6.07 Å². The number of aromatic nitrogens is 1. The van der Waals surface area contributed by atoms with Crippen molar-refractivity contribution in [2.75, 3.05) is 6.61 Å². The average Bonchev–Trinajstić information content (AvgIpc) is 2.53. The summed E-state index contributed by atoms with van der Waals surface area (Å²) in [6.45, 7) is -1.82. The second-order valence-corrected chi connectivity index (χ2v) is 4.81. The van der Waals surface area contributed by atoms with Gasteiger partial charge in [-0.2, -0.15) is 13.2 Å². The number of hydrogen-bond acceptors (Lipinski definition) is 4. The maximum absolute atomic E-state index is 13.1. The van der Waals surface area contributed by atoms with Crippen LogP contribution in [-0.4, -0.2) is 28.8 Å². The van der Waals surface area contributed by atoms with Crippen LogP contribution in [0.2, 0.25) is 0 Å². The summed E-state index contributed by atoms with van der Waals surface area (Å²) in [6, 6.07) is 5.46. The third kappa shape index (κ3) is 5.68. The highest BCUT2D eigenvalue weighted by molar-refractivity contribution is 5.99. The molecule has 0 aliphatic carbocycles. The van der Waals surface area contributed by atoms with Crippen molar-refractivity contribution in [3.8, 4) is 5.88 Å². The van der Waals surface area contributed by atoms with E-state index in [1.54, 1.807) is 5.48 Å². The Labute approximate surface area is 138 Å². The lowest BCUT2D eigenvalue weighted by atomic mass is 10.2. The number of alkyl halides is 3. The lowest BCUT2D eigenvalue weighted by molar-refractivity contribution is -0.154. The standard InChI is InChI=1S/C15H12F5N3O2/c16-10-4-9(5-11(17)6-10)7-22-13(23-24)12-2-1-3-21-14(12)25-8-15(18,19)20/h1-6,24H,7-8H2,(H,22,23). The van der Waals surface area contributed by atoms with Gasteiger partial charge in [0.05, 0.1) is 12.1 Å². The summed E-state index contributed by atoms with van der Waals surface area (Å²) in [5.74, 6) is -2.29. The number of hydroxylamine groups is 1. The fourth-order valence-electron chi connectivity index (χ4n) is 1.89. The molecule has 0 aliphatic heterocycles. The molecule has 0 saturated carbocycles. The van der Waals surface area contributed by atoms with E-state index in [1.165, 1.54) is 18.3 Å². The van der Waals surface area contributed by atoms with Gasteiger partial charge in [-0.05, 0) is 29.8 Å². The monoisotopic (exact) mass is 361 g/mol. The number of benzene rings is 1. The van der Waals surface area contributed by atoms with Crippen LogP contribution < -0.4 is 10.2 Å². The molecular weight excluding hydrogens is 349 g/mol. The quantitative estimate of drug-likeness (QED) is 0.371. The first-order valence-electron chi connectivity index (χ1n) is 6.83. The number of pyridine rings is 1. The van der Waals surface area contributed by atoms with Gasteiger partial charge in [-0.3, -0.25) is 15.7 Å². The van der Waals surface area contributed by atoms with E-state index >= 15 is 0 Å². The van der Waals surface area contributed by atoms with Crippen molar-refractivity contribution >= 4 is 5.84 Å². The van der Waals surface area contributed by atoms with Crippen molar-refractivity contribution in [3.05, 3.63) is 59.3 Å². The first kappa shape index (κ1) is 18.6. The number of aliphatic imine (C=N–C) groups is 1. The molecule has 0 radical (unpaired) electrons. The zero-order valence-electron chi connectivity index (χ0n) is 12.5. The Kier molecular flexibility index (Phi) is 5.86. The molecule has 2 rings (SSSR count). The second kappa shape index (κ2) is 7.88. The highest BCUT2D eigenvalue weighted by Gasteiger charge is 2.29. The number of amidine groups is 1. The van der Waals surface area contributed by atoms with E-state index in [-0.39, 0.29) is 23.5 Å². The predicted molar refractivity (Wildman–Crippen MR) is 77.3 cm³/mol. The van der Waals surface area contributed by atoms with Crippen molar-refractivity contribution < 1.29 is 31.9 Å². The molecule has 5 nitrogen and oxygen atoms in total. The summed E-state index contributed by atoms with van der Waals surface area (Å²) in [4.78, 5) is 7.55. The molecule has 10 heteroatoms. The zero-order valence-corrected chi connectivity index (χ0v) is 12.5. The second-order valence-electron chi connectivity index (χ2n) is 4.81. The number of ether oxygens (including phenoxy) is 1. The molecule has 0 aliphatic rings. The van der Waals surface area contributed by atoms with Crippen LogP contribution in [0.3, 0.4) is 0 Å². The molecule has 25 heavy (non-hydrogen) atoms. The van der Waals surface area contributed by atoms with Crippen LogP contribution in [0, 0.1) is 11.6 Å². The third-order valence-corrected chi connectivity index (χ3v) is 2.85. The van der Waals surface area contributed by atoms with Crippen molar-refractivity contribution in [3.63, 3.8) is 0 Å². The molecule has 0 amide bonds. The Balaban J connectivity index is 2.24. The van der Waals surface area contributed by atoms with E-state index in [1.807, 2.05) is 0 Å². The van der Waals surface area contributed by atoms with Crippen LogP contribution in [0.15, 0.2) is 41.5 Å². The smallest absolute Gasteiger partial charge is 0.422 e. The maximum atomic E-state index is 13.1. The lowest BCUT2D eigenvalue weighted by Crippen LogP contribution is -2.24. The minimum Gasteiger partial charge on any atom is -0.467 e. The summed E-state index contributed by atoms with van der Waals surface area (Å²) < 4.78 is 67.7. The van der Waals surface area contributed by atoms with Crippen LogP contribution in [0.25, 0.3) is 0 Å². The molecule has 1 aromatic heterocycles. The largest absolute Gasteiger partial charge is 0.467 e. The number of rotatable bonds is 5. The molecule has 0 unspecified atom stereocenters. The van der Waals surface area contributed by atoms with Crippen LogP contribution in [0.5, 0.6) is 5.88 Å². The maximum Gasteiger partial charge on any atom is 0.422 e. The summed E-state index contributed by atoms with van der Waals surface area (Å²) >= 11 is 0. The summed E-state index contributed by atoms with van der Waals surface area (Å²) in [5.41, 5.74) is 1.83. The van der Waals surface area contributed by atoms with Crippen LogP contribution in [0.1, 0.15) is 11.1 Å². The molecule has 0 bridgehead atoms. The van der Waals surface area contributed by atoms with Gasteiger partial charge in [0.15, 0.2) is 12.4 Å². The molecule has 2 aromatic rings. The van der Waals surface area contributed by atoms with Crippen molar-refractivity contribution in [2.45, 2.75) is 12.7 Å². The SMILES string of the molecule is ONC(=NCc1cc(F)cc(F)c1)c1cccnc1OCC(F)(F)F. The molecule has 1 heterocycles. The molecular formula is C15H12F5N3O2. The molecule has 0 atom stereocenters. The topological polar surface area (TPSA) is 66.7 Å². The molecule has 0 fully saturated rings. The number of nitrogens with zero attached hydrogens (tertiary/aromatic N) is 2. The number of nitrogens with one attached hydrogen (secondary N) is 1. The minimum absolute atomic E-state index is 0.0499. The summed E-state index contributed by atoms with van der Waals surface area (Å²) in [5, 5.41) is 9.18. The molecule has 134 valence electrons. The van der Waals surface area contributed by atoms with Gasteiger partial charge in [-0.1, -0.05) is 0 Å². The Morgan fingerprint density at radius 3 is 2.48 bits per heavy atom. The van der Waals surface area contributed by atoms with Crippen molar-refractivity contribution in [2.24, 2.45) is 4.99 Å². The molecule has 2 N–H and O–H groups in total. The van der Waals surface area contributed by atoms with Crippen molar-refractivity contribution in [1.29, 1.82) is 0 Å². The fraction of sp³-hybridized carbons (Fsp3) is 0.200.